The molecule has 20 heavy (non-hydrogen) atoms. The molecule has 0 aromatic rings. The van der Waals surface area contributed by atoms with Crippen LogP contribution < -0.4 is 5.32 Å². The predicted molar refractivity (Wildman–Crippen MR) is 82.8 cm³/mol. The zero-order valence-electron chi connectivity index (χ0n) is 13.2. The fourth-order valence-electron chi connectivity index (χ4n) is 2.78. The fraction of sp³-hybridized carbons (Fsp3) is 0.938. The molecule has 4 heteroatoms. The lowest BCUT2D eigenvalue weighted by Gasteiger charge is -2.30. The van der Waals surface area contributed by atoms with Crippen molar-refractivity contribution < 1.29 is 9.90 Å². The lowest BCUT2D eigenvalue weighted by Crippen LogP contribution is -2.49. The Morgan fingerprint density at radius 2 is 1.80 bits per heavy atom. The van der Waals surface area contributed by atoms with Crippen molar-refractivity contribution in [3.8, 4) is 0 Å². The fourth-order valence-corrected chi connectivity index (χ4v) is 2.78. The molecule has 4 nitrogen and oxygen atoms in total. The van der Waals surface area contributed by atoms with Crippen LogP contribution in [-0.2, 0) is 0 Å². The van der Waals surface area contributed by atoms with E-state index < -0.39 is 0 Å². The quantitative estimate of drug-likeness (QED) is 0.672. The largest absolute Gasteiger partial charge is 0.391 e. The molecule has 0 heterocycles. The lowest BCUT2D eigenvalue weighted by atomic mass is 9.93. The number of rotatable bonds is 8. The summed E-state index contributed by atoms with van der Waals surface area (Å²) >= 11 is 0. The van der Waals surface area contributed by atoms with Gasteiger partial charge < -0.3 is 15.3 Å². The third-order valence-electron chi connectivity index (χ3n) is 4.23. The van der Waals surface area contributed by atoms with Gasteiger partial charge in [-0.1, -0.05) is 51.9 Å². The molecule has 1 aliphatic rings. The smallest absolute Gasteiger partial charge is 0.317 e. The summed E-state index contributed by atoms with van der Waals surface area (Å²) in [5, 5.41) is 12.8. The number of hydrogen-bond donors (Lipinski definition) is 2. The number of aliphatic hydroxyl groups is 1. The third-order valence-corrected chi connectivity index (χ3v) is 4.23. The molecule has 1 aliphatic carbocycles. The molecule has 118 valence electrons. The Morgan fingerprint density at radius 1 is 1.15 bits per heavy atom. The van der Waals surface area contributed by atoms with Crippen LogP contribution in [0.25, 0.3) is 0 Å². The number of carbonyl (C=O) groups is 1. The summed E-state index contributed by atoms with van der Waals surface area (Å²) in [6, 6.07) is -0.0900. The summed E-state index contributed by atoms with van der Waals surface area (Å²) in [5.74, 6) is 0. The van der Waals surface area contributed by atoms with Crippen molar-refractivity contribution in [1.82, 2.24) is 10.2 Å². The molecule has 0 bridgehead atoms. The van der Waals surface area contributed by atoms with Crippen molar-refractivity contribution in [2.75, 3.05) is 13.6 Å². The number of carbonyl (C=O) groups excluding carboxylic acids is 1. The molecule has 0 aromatic carbocycles. The Hall–Kier alpha value is -0.770. The van der Waals surface area contributed by atoms with Crippen LogP contribution >= 0.6 is 0 Å². The minimum absolute atomic E-state index is 0.0375. The molecule has 1 fully saturated rings. The van der Waals surface area contributed by atoms with Gasteiger partial charge in [0.2, 0.25) is 0 Å². The van der Waals surface area contributed by atoms with Crippen molar-refractivity contribution in [3.05, 3.63) is 0 Å². The molecule has 1 rings (SSSR count). The highest BCUT2D eigenvalue weighted by Crippen LogP contribution is 2.18. The first kappa shape index (κ1) is 17.3. The number of nitrogens with zero attached hydrogens (tertiary/aromatic N) is 1. The Kier molecular flexibility index (Phi) is 8.67. The van der Waals surface area contributed by atoms with Crippen molar-refractivity contribution in [2.45, 2.75) is 83.3 Å². The molecule has 0 aromatic heterocycles. The van der Waals surface area contributed by atoms with Crippen LogP contribution in [0.5, 0.6) is 0 Å². The van der Waals surface area contributed by atoms with Gasteiger partial charge in [-0.05, 0) is 19.3 Å². The minimum Gasteiger partial charge on any atom is -0.391 e. The van der Waals surface area contributed by atoms with E-state index >= 15 is 0 Å². The summed E-state index contributed by atoms with van der Waals surface area (Å²) in [7, 11) is 1.84. The summed E-state index contributed by atoms with van der Waals surface area (Å²) in [5.41, 5.74) is 0. The van der Waals surface area contributed by atoms with E-state index in [9.17, 15) is 9.90 Å². The summed E-state index contributed by atoms with van der Waals surface area (Å²) in [6.07, 6.45) is 10.9. The van der Waals surface area contributed by atoms with E-state index in [0.717, 1.165) is 38.6 Å². The van der Waals surface area contributed by atoms with Crippen molar-refractivity contribution in [1.29, 1.82) is 0 Å². The molecule has 0 saturated heterocycles. The number of unbranched alkanes of at least 4 members (excludes halogenated alkanes) is 5. The van der Waals surface area contributed by atoms with Gasteiger partial charge in [0.1, 0.15) is 0 Å². The second-order valence-electron chi connectivity index (χ2n) is 6.10. The summed E-state index contributed by atoms with van der Waals surface area (Å²) in [6.45, 7) is 3.03. The number of amides is 2. The van der Waals surface area contributed by atoms with Gasteiger partial charge in [-0.2, -0.15) is 0 Å². The standard InChI is InChI=1S/C16H32N2O2/c1-3-4-5-6-7-10-13-18(2)16(20)17-14-11-8-9-12-15(14)19/h14-15,19H,3-13H2,1-2H3,(H,17,20). The first-order chi connectivity index (χ1) is 9.65. The van der Waals surface area contributed by atoms with Crippen molar-refractivity contribution >= 4 is 6.03 Å². The molecule has 2 unspecified atom stereocenters. The van der Waals surface area contributed by atoms with Gasteiger partial charge in [0.25, 0.3) is 0 Å². The van der Waals surface area contributed by atoms with Gasteiger partial charge >= 0.3 is 6.03 Å². The van der Waals surface area contributed by atoms with E-state index in [1.807, 2.05) is 7.05 Å². The van der Waals surface area contributed by atoms with Gasteiger partial charge in [0.05, 0.1) is 12.1 Å². The van der Waals surface area contributed by atoms with Crippen molar-refractivity contribution in [3.63, 3.8) is 0 Å². The van der Waals surface area contributed by atoms with Crippen LogP contribution in [0.15, 0.2) is 0 Å². The molecular formula is C16H32N2O2. The SMILES string of the molecule is CCCCCCCCN(C)C(=O)NC1CCCCC1O. The normalized spacial score (nSPS) is 22.6. The average Bonchev–Trinajstić information content (AvgIpc) is 2.44. The molecule has 0 radical (unpaired) electrons. The van der Waals surface area contributed by atoms with Crippen LogP contribution in [0.3, 0.4) is 0 Å². The first-order valence-corrected chi connectivity index (χ1v) is 8.34. The molecule has 1 saturated carbocycles. The number of urea groups is 1. The molecule has 2 atom stereocenters. The molecule has 0 aliphatic heterocycles. The number of nitrogens with one attached hydrogen (secondary N) is 1. The molecular weight excluding hydrogens is 252 g/mol. The van der Waals surface area contributed by atoms with E-state index in [0.29, 0.717) is 0 Å². The maximum absolute atomic E-state index is 12.0. The Bertz CT molecular complexity index is 271. The van der Waals surface area contributed by atoms with Crippen LogP contribution in [0.2, 0.25) is 0 Å². The predicted octanol–water partition coefficient (Wildman–Crippen LogP) is 3.29. The Morgan fingerprint density at radius 3 is 2.50 bits per heavy atom. The highest BCUT2D eigenvalue weighted by Gasteiger charge is 2.25. The van der Waals surface area contributed by atoms with Crippen LogP contribution in [0, 0.1) is 0 Å². The van der Waals surface area contributed by atoms with Gasteiger partial charge in [0.15, 0.2) is 0 Å². The van der Waals surface area contributed by atoms with E-state index in [-0.39, 0.29) is 18.2 Å². The van der Waals surface area contributed by atoms with Gasteiger partial charge in [-0.25, -0.2) is 4.79 Å². The monoisotopic (exact) mass is 284 g/mol. The van der Waals surface area contributed by atoms with E-state index in [2.05, 4.69) is 12.2 Å². The highest BCUT2D eigenvalue weighted by molar-refractivity contribution is 5.74. The van der Waals surface area contributed by atoms with Gasteiger partial charge in [-0.15, -0.1) is 0 Å². The molecule has 2 N–H and O–H groups in total. The highest BCUT2D eigenvalue weighted by atomic mass is 16.3. The molecule has 0 spiro atoms. The van der Waals surface area contributed by atoms with Crippen LogP contribution in [0.1, 0.15) is 71.1 Å². The number of hydrogen-bond acceptors (Lipinski definition) is 2. The van der Waals surface area contributed by atoms with E-state index in [1.54, 1.807) is 4.90 Å². The second-order valence-corrected chi connectivity index (χ2v) is 6.10. The van der Waals surface area contributed by atoms with Crippen LogP contribution in [0.4, 0.5) is 4.79 Å². The maximum atomic E-state index is 12.0. The topological polar surface area (TPSA) is 52.6 Å². The Balaban J connectivity index is 2.12. The molecule has 2 amide bonds. The lowest BCUT2D eigenvalue weighted by molar-refractivity contribution is 0.0908. The van der Waals surface area contributed by atoms with Gasteiger partial charge in [0, 0.05) is 13.6 Å². The van der Waals surface area contributed by atoms with E-state index in [1.165, 1.54) is 32.1 Å². The third kappa shape index (κ3) is 6.60. The summed E-state index contributed by atoms with van der Waals surface area (Å²) in [4.78, 5) is 13.8. The summed E-state index contributed by atoms with van der Waals surface area (Å²) < 4.78 is 0. The average molecular weight is 284 g/mol. The minimum atomic E-state index is -0.366. The van der Waals surface area contributed by atoms with E-state index in [4.69, 9.17) is 0 Å². The first-order valence-electron chi connectivity index (χ1n) is 8.34. The second kappa shape index (κ2) is 10.0. The van der Waals surface area contributed by atoms with Gasteiger partial charge in [-0.3, -0.25) is 0 Å². The number of aliphatic hydroxyl groups excluding tert-OH is 1. The zero-order chi connectivity index (χ0) is 14.8. The van der Waals surface area contributed by atoms with Crippen LogP contribution in [-0.4, -0.2) is 41.8 Å². The Labute approximate surface area is 123 Å². The zero-order valence-corrected chi connectivity index (χ0v) is 13.2. The maximum Gasteiger partial charge on any atom is 0.317 e. The van der Waals surface area contributed by atoms with Crippen molar-refractivity contribution in [2.24, 2.45) is 0 Å².